The van der Waals surface area contributed by atoms with Crippen LogP contribution in [0.25, 0.3) is 0 Å². The lowest BCUT2D eigenvalue weighted by atomic mass is 9.97. The van der Waals surface area contributed by atoms with Crippen LogP contribution in [-0.2, 0) is 42.9 Å². The number of anilines is 1. The number of hydrogen-bond donors (Lipinski definition) is 4. The number of azo groups is 1. The van der Waals surface area contributed by atoms with Crippen LogP contribution in [-0.4, -0.2) is 126 Å². The van der Waals surface area contributed by atoms with Crippen molar-refractivity contribution in [2.45, 2.75) is 130 Å². The van der Waals surface area contributed by atoms with Crippen molar-refractivity contribution >= 4 is 51.5 Å². The molecule has 18 nitrogen and oxygen atoms in total. The molecule has 19 heteroatoms. The quantitative estimate of drug-likeness (QED) is 0.0356. The summed E-state index contributed by atoms with van der Waals surface area (Å²) in [5.41, 5.74) is 3.32. The van der Waals surface area contributed by atoms with E-state index >= 15 is 0 Å². The van der Waals surface area contributed by atoms with E-state index in [1.54, 1.807) is 6.92 Å². The molecule has 0 fully saturated rings. The highest BCUT2D eigenvalue weighted by atomic mass is 32.1. The van der Waals surface area contributed by atoms with Crippen molar-refractivity contribution in [1.82, 2.24) is 10.6 Å². The highest BCUT2D eigenvalue weighted by Crippen LogP contribution is 2.36. The molecule has 2 unspecified atom stereocenters. The Hall–Kier alpha value is -5.02. The summed E-state index contributed by atoms with van der Waals surface area (Å²) in [4.78, 5) is 50.6. The van der Waals surface area contributed by atoms with Crippen LogP contribution in [0.4, 0.5) is 16.4 Å². The number of nitrogens with one attached hydrogen (secondary N) is 2. The molecule has 2 aromatic rings. The number of nitriles is 2. The number of carboxylic acid groups (broad SMARTS) is 2. The van der Waals surface area contributed by atoms with Crippen molar-refractivity contribution in [3.05, 3.63) is 39.8 Å². The number of aliphatic carboxylic acids is 2. The molecule has 0 radical (unpaired) electrons. The van der Waals surface area contributed by atoms with Crippen molar-refractivity contribution in [3.63, 3.8) is 0 Å². The van der Waals surface area contributed by atoms with Gasteiger partial charge in [-0.2, -0.15) is 10.5 Å². The second-order valence-corrected chi connectivity index (χ2v) is 18.5. The third kappa shape index (κ3) is 28.0. The van der Waals surface area contributed by atoms with E-state index in [1.165, 1.54) is 12.8 Å². The van der Waals surface area contributed by atoms with Crippen LogP contribution in [0.5, 0.6) is 0 Å². The Balaban J connectivity index is 1.77. The molecule has 2 amide bonds. The van der Waals surface area contributed by atoms with Crippen LogP contribution in [0.1, 0.15) is 138 Å². The van der Waals surface area contributed by atoms with E-state index in [0.29, 0.717) is 105 Å². The minimum Gasteiger partial charge on any atom is -0.481 e. The average molecular weight is 1010 g/mol. The number of unbranched alkanes of at least 4 members (excludes halogenated alkanes) is 10. The third-order valence-electron chi connectivity index (χ3n) is 11.8. The van der Waals surface area contributed by atoms with E-state index in [0.717, 1.165) is 86.8 Å². The summed E-state index contributed by atoms with van der Waals surface area (Å²) in [6.45, 7) is 13.0. The monoisotopic (exact) mass is 1010 g/mol. The fourth-order valence-corrected chi connectivity index (χ4v) is 8.40. The molecule has 4 N–H and O–H groups in total. The highest BCUT2D eigenvalue weighted by molar-refractivity contribution is 7.16. The van der Waals surface area contributed by atoms with Crippen LogP contribution in [0.3, 0.4) is 0 Å². The van der Waals surface area contributed by atoms with Crippen LogP contribution < -0.4 is 15.5 Å². The number of amides is 2. The zero-order chi connectivity index (χ0) is 51.9. The summed E-state index contributed by atoms with van der Waals surface area (Å²) in [6.07, 6.45) is 13.7. The molecule has 0 aliphatic carbocycles. The molecule has 0 bridgehead atoms. The van der Waals surface area contributed by atoms with Gasteiger partial charge in [0.15, 0.2) is 5.00 Å². The predicted molar refractivity (Wildman–Crippen MR) is 274 cm³/mol. The van der Waals surface area contributed by atoms with Crippen LogP contribution >= 0.6 is 11.3 Å². The fraction of sp³-hybridized carbons (Fsp3) is 0.692. The van der Waals surface area contributed by atoms with E-state index in [2.05, 4.69) is 51.7 Å². The zero-order valence-corrected chi connectivity index (χ0v) is 43.6. The summed E-state index contributed by atoms with van der Waals surface area (Å²) in [5.74, 6) is -3.82. The first kappa shape index (κ1) is 62.1. The lowest BCUT2D eigenvalue weighted by Gasteiger charge is -2.25. The number of carbonyl (C=O) groups is 4. The first-order valence-electron chi connectivity index (χ1n) is 25.5. The summed E-state index contributed by atoms with van der Waals surface area (Å²) >= 11 is 1.13. The fourth-order valence-electron chi connectivity index (χ4n) is 7.52. The van der Waals surface area contributed by atoms with Gasteiger partial charge in [0.2, 0.25) is 11.8 Å². The maximum absolute atomic E-state index is 12.4. The molecule has 0 spiro atoms. The summed E-state index contributed by atoms with van der Waals surface area (Å²) in [6, 6.07) is 9.99. The largest absolute Gasteiger partial charge is 0.481 e. The average Bonchev–Trinajstić information content (AvgIpc) is 3.67. The standard InChI is InChI=1S/C52H81N7O11S/c1-5-7-9-11-13-15-17-42(51(62)63)36-48(60)55-21-25-66-29-31-68-27-23-59(44-19-20-46(40(3)35-44)57-58-50-45(38-53)41(4)47(39-54)71-50)24-28-69-32-34-70-33-30-67-26-22-56-49(61)37-43(52(64)65)18-16-14-12-10-8-6-2/h19-20,35,42-43H,5-18,21-34,36-37H2,1-4H3,(H,55,60)(H,56,61)(H,62,63)(H,64,65). The molecular weight excluding hydrogens is 931 g/mol. The predicted octanol–water partition coefficient (Wildman–Crippen LogP) is 9.33. The molecule has 0 saturated heterocycles. The van der Waals surface area contributed by atoms with Crippen molar-refractivity contribution in [1.29, 1.82) is 10.5 Å². The maximum Gasteiger partial charge on any atom is 0.307 e. The number of carboxylic acids is 2. The first-order chi connectivity index (χ1) is 34.4. The lowest BCUT2D eigenvalue weighted by Crippen LogP contribution is -2.32. The minimum atomic E-state index is -0.939. The van der Waals surface area contributed by atoms with E-state index < -0.39 is 23.8 Å². The number of hydrogen-bond acceptors (Lipinski definition) is 15. The number of carbonyl (C=O) groups excluding carboxylic acids is 2. The molecule has 71 heavy (non-hydrogen) atoms. The van der Waals surface area contributed by atoms with Crippen molar-refractivity contribution in [2.75, 3.05) is 97.1 Å². The Morgan fingerprint density at radius 3 is 1.52 bits per heavy atom. The van der Waals surface area contributed by atoms with Gasteiger partial charge in [0.25, 0.3) is 0 Å². The molecule has 1 heterocycles. The Bertz CT molecular complexity index is 1950. The molecular formula is C52H81N7O11S. The van der Waals surface area contributed by atoms with Crippen molar-refractivity contribution < 1.29 is 53.1 Å². The van der Waals surface area contributed by atoms with Crippen LogP contribution in [0.2, 0.25) is 0 Å². The number of rotatable bonds is 44. The van der Waals surface area contributed by atoms with Crippen molar-refractivity contribution in [3.8, 4) is 12.1 Å². The van der Waals surface area contributed by atoms with Crippen LogP contribution in [0, 0.1) is 48.3 Å². The zero-order valence-electron chi connectivity index (χ0n) is 42.8. The molecule has 1 aromatic heterocycles. The molecule has 2 atom stereocenters. The molecule has 1 aromatic carbocycles. The van der Waals surface area contributed by atoms with E-state index in [4.69, 9.17) is 23.7 Å². The molecule has 0 aliphatic heterocycles. The van der Waals surface area contributed by atoms with Gasteiger partial charge in [0.05, 0.1) is 89.2 Å². The van der Waals surface area contributed by atoms with Crippen LogP contribution in [0.15, 0.2) is 28.4 Å². The molecule has 0 aliphatic rings. The van der Waals surface area contributed by atoms with E-state index in [-0.39, 0.29) is 51.0 Å². The number of benzene rings is 1. The van der Waals surface area contributed by atoms with Gasteiger partial charge in [-0.05, 0) is 56.0 Å². The minimum absolute atomic E-state index is 0.0353. The smallest absolute Gasteiger partial charge is 0.307 e. The second kappa shape index (κ2) is 39.6. The maximum atomic E-state index is 12.4. The van der Waals surface area contributed by atoms with Gasteiger partial charge in [0, 0.05) is 44.7 Å². The van der Waals surface area contributed by atoms with Gasteiger partial charge < -0.3 is 49.4 Å². The molecule has 396 valence electrons. The van der Waals surface area contributed by atoms with E-state index in [1.807, 2.05) is 25.1 Å². The van der Waals surface area contributed by atoms with Gasteiger partial charge in [-0.3, -0.25) is 19.2 Å². The molecule has 2 rings (SSSR count). The Morgan fingerprint density at radius 2 is 1.08 bits per heavy atom. The highest BCUT2D eigenvalue weighted by Gasteiger charge is 2.22. The van der Waals surface area contributed by atoms with Crippen molar-refractivity contribution in [2.24, 2.45) is 22.1 Å². The van der Waals surface area contributed by atoms with Gasteiger partial charge in [0.1, 0.15) is 17.0 Å². The normalized spacial score (nSPS) is 12.1. The van der Waals surface area contributed by atoms with Gasteiger partial charge in [-0.25, -0.2) is 0 Å². The van der Waals surface area contributed by atoms with Gasteiger partial charge >= 0.3 is 11.9 Å². The Labute approximate surface area is 425 Å². The number of thiophene rings is 1. The Morgan fingerprint density at radius 1 is 0.634 bits per heavy atom. The Kier molecular flexibility index (Phi) is 34.6. The second-order valence-electron chi connectivity index (χ2n) is 17.5. The SMILES string of the molecule is CCCCCCCCC(CC(=O)NCCOCCOCCOCCN(CCOCCOCCNC(=O)CC(CCCCCCCC)C(=O)O)c1ccc(N=Nc2sc(C#N)c(C)c2C#N)c(C)c1)C(=O)O. The summed E-state index contributed by atoms with van der Waals surface area (Å²) < 4.78 is 28.7. The van der Waals surface area contributed by atoms with E-state index in [9.17, 15) is 39.9 Å². The summed E-state index contributed by atoms with van der Waals surface area (Å²) in [7, 11) is 0. The topological polar surface area (TPSA) is 254 Å². The van der Waals surface area contributed by atoms with Gasteiger partial charge in [-0.15, -0.1) is 21.6 Å². The number of aryl methyl sites for hydroxylation is 1. The number of ether oxygens (including phenoxy) is 5. The third-order valence-corrected chi connectivity index (χ3v) is 12.9. The lowest BCUT2D eigenvalue weighted by molar-refractivity contribution is -0.144. The molecule has 0 saturated carbocycles. The summed E-state index contributed by atoms with van der Waals surface area (Å²) in [5, 5.41) is 52.7. The number of nitrogens with zero attached hydrogens (tertiary/aromatic N) is 5. The first-order valence-corrected chi connectivity index (χ1v) is 26.4. The van der Waals surface area contributed by atoms with Gasteiger partial charge in [-0.1, -0.05) is 90.9 Å².